The van der Waals surface area contributed by atoms with Crippen LogP contribution in [0.15, 0.2) is 158 Å². The average Bonchev–Trinajstić information content (AvgIpc) is 1.60. The fourth-order valence-corrected chi connectivity index (χ4v) is 16.3. The van der Waals surface area contributed by atoms with Crippen LogP contribution in [0.4, 0.5) is 11.4 Å². The number of sulfonamides is 1. The molecule has 32 heteroatoms. The number of carbonyl (C=O) groups is 3. The molecule has 6 aromatic rings. The molecule has 2 aliphatic heterocycles. The molecule has 2 heterocycles. The van der Waals surface area contributed by atoms with Gasteiger partial charge in [0.25, 0.3) is 56.4 Å². The zero-order valence-corrected chi connectivity index (χ0v) is 58.1. The maximum Gasteiger partial charge on any atom is 0.295 e. The van der Waals surface area contributed by atoms with E-state index in [1.807, 2.05) is 56.2 Å². The van der Waals surface area contributed by atoms with Crippen molar-refractivity contribution in [2.75, 3.05) is 58.0 Å². The van der Waals surface area contributed by atoms with E-state index in [0.717, 1.165) is 17.3 Å². The number of fused-ring (bicyclic) bond motifs is 6. The zero-order chi connectivity index (χ0) is 71.2. The van der Waals surface area contributed by atoms with Gasteiger partial charge in [0.1, 0.15) is 28.1 Å². The quantitative estimate of drug-likeness (QED) is 0.00511. The molecule has 0 spiro atoms. The van der Waals surface area contributed by atoms with Gasteiger partial charge < -0.3 is 25.0 Å². The summed E-state index contributed by atoms with van der Waals surface area (Å²) in [5.74, 6) is -1.17. The van der Waals surface area contributed by atoms with Gasteiger partial charge in [-0.2, -0.15) is 38.2 Å². The van der Waals surface area contributed by atoms with Crippen molar-refractivity contribution in [1.29, 1.82) is 0 Å². The van der Waals surface area contributed by atoms with Crippen molar-refractivity contribution in [3.05, 3.63) is 144 Å². The van der Waals surface area contributed by atoms with Gasteiger partial charge in [0.05, 0.1) is 47.0 Å². The Kier molecular flexibility index (Phi) is 23.3. The fraction of sp³-hybridized carbons (Fsp3) is 0.354. The molecule has 522 valence electrons. The number of carbonyl (C=O) groups excluding carboxylic acids is 3. The summed E-state index contributed by atoms with van der Waals surface area (Å²) in [5.41, 5.74) is 4.56. The highest BCUT2D eigenvalue weighted by Gasteiger charge is 2.47. The predicted molar refractivity (Wildman–Crippen MR) is 360 cm³/mol. The van der Waals surface area contributed by atoms with Crippen molar-refractivity contribution >= 4 is 107 Å². The number of rotatable bonds is 31. The Bertz CT molecular complexity index is 4770. The Morgan fingerprint density at radius 1 is 0.619 bits per heavy atom. The van der Waals surface area contributed by atoms with Gasteiger partial charge in [0.15, 0.2) is 5.71 Å². The molecule has 0 aliphatic carbocycles. The molecule has 0 unspecified atom stereocenters. The Morgan fingerprint density at radius 2 is 1.20 bits per heavy atom. The summed E-state index contributed by atoms with van der Waals surface area (Å²) in [6.07, 6.45) is 10.3. The summed E-state index contributed by atoms with van der Waals surface area (Å²) in [7, 11) is -23.0. The van der Waals surface area contributed by atoms with E-state index in [-0.39, 0.29) is 83.8 Å². The first-order chi connectivity index (χ1) is 45.5. The number of hydroxylamine groups is 2. The molecule has 6 aromatic carbocycles. The molecule has 8 N–H and O–H groups in total. The molecule has 27 nitrogen and oxygen atoms in total. The van der Waals surface area contributed by atoms with Crippen molar-refractivity contribution in [3.8, 4) is 16.9 Å². The van der Waals surface area contributed by atoms with E-state index in [0.29, 0.717) is 88.5 Å². The van der Waals surface area contributed by atoms with Crippen LogP contribution < -0.4 is 25.8 Å². The third-order valence-electron chi connectivity index (χ3n) is 16.8. The lowest BCUT2D eigenvalue weighted by Gasteiger charge is -2.28. The lowest BCUT2D eigenvalue weighted by Crippen LogP contribution is -2.50. The van der Waals surface area contributed by atoms with E-state index in [4.69, 9.17) is 14.3 Å². The number of hydrogen-bond acceptors (Lipinski definition) is 18. The van der Waals surface area contributed by atoms with Gasteiger partial charge in [0, 0.05) is 84.2 Å². The van der Waals surface area contributed by atoms with E-state index in [9.17, 15) is 79.9 Å². The van der Waals surface area contributed by atoms with E-state index >= 15 is 0 Å². The number of hydrogen-bond donors (Lipinski definition) is 8. The maximum absolute atomic E-state index is 14.2. The van der Waals surface area contributed by atoms with Crippen LogP contribution in [0, 0.1) is 0 Å². The Morgan fingerprint density at radius 3 is 1.75 bits per heavy atom. The van der Waals surface area contributed by atoms with E-state index in [1.165, 1.54) is 42.9 Å². The van der Waals surface area contributed by atoms with Gasteiger partial charge in [-0.15, -0.1) is 0 Å². The number of likely N-dealkylation sites (N-methyl/N-ethyl adjacent to an activating group) is 1. The topological polar surface area (TPSA) is 396 Å². The van der Waals surface area contributed by atoms with Gasteiger partial charge in [0.2, 0.25) is 17.5 Å². The molecule has 8 rings (SSSR count). The number of ether oxygens (including phenoxy) is 2. The van der Waals surface area contributed by atoms with Crippen LogP contribution >= 0.6 is 0 Å². The van der Waals surface area contributed by atoms with Gasteiger partial charge in [-0.3, -0.25) is 42.6 Å². The largest absolute Gasteiger partial charge is 0.497 e. The minimum atomic E-state index is -5.04. The van der Waals surface area contributed by atoms with Crippen LogP contribution in [-0.2, 0) is 85.3 Å². The van der Waals surface area contributed by atoms with Crippen molar-refractivity contribution in [2.24, 2.45) is 0 Å². The van der Waals surface area contributed by atoms with Crippen LogP contribution in [0.1, 0.15) is 91.2 Å². The standard InChI is InChI=1S/C65H76N6O21S5/c1-8-59(72)66-32-31-54(63(74)68-75)71(93(76,77)45-25-21-43(22-26-45)42-19-23-44(90-7)24-20-42)92-37-36-91-35-33-67-60(73)18-14-11-15-34-70-53-30-28-49-51(39-47(95(81,82)83)41-56(49)97(87,88)89)62(53)65(5,6)58(70)17-13-10-12-16-57-64(3,4)61-50-38-46(94(78,79)80)40-55(96(84,85)86)48(50)27-29-52(61)69(57)9-2/h10,12-13,16-17,19-30,38-41,54H,8-9,11,14-15,18,31-37H2,1-7H3,(H7-,66,67,68,72,73,74,75,78,79,80,81,82,83,84,85,86,87,88,89)/p+1/t54-/m1/s1. The highest BCUT2D eigenvalue weighted by atomic mass is 32.2. The second kappa shape index (κ2) is 30.1. The molecule has 97 heavy (non-hydrogen) atoms. The van der Waals surface area contributed by atoms with Crippen molar-refractivity contribution in [2.45, 2.75) is 121 Å². The monoisotopic (exact) mass is 1440 g/mol. The molecule has 0 radical (unpaired) electrons. The van der Waals surface area contributed by atoms with Crippen molar-refractivity contribution in [1.82, 2.24) is 20.6 Å². The molecule has 1 atom stereocenters. The predicted octanol–water partition coefficient (Wildman–Crippen LogP) is 7.95. The number of methoxy groups -OCH3 is 1. The van der Waals surface area contributed by atoms with Crippen LogP contribution in [0.3, 0.4) is 0 Å². The minimum Gasteiger partial charge on any atom is -0.497 e. The normalized spacial score (nSPS) is 15.6. The van der Waals surface area contributed by atoms with Crippen molar-refractivity contribution in [3.63, 3.8) is 0 Å². The van der Waals surface area contributed by atoms with Crippen LogP contribution in [-0.4, -0.2) is 157 Å². The van der Waals surface area contributed by atoms with Crippen LogP contribution in [0.2, 0.25) is 0 Å². The Labute approximate surface area is 563 Å². The molecule has 0 saturated carbocycles. The summed E-state index contributed by atoms with van der Waals surface area (Å²) < 4.78 is 183. The summed E-state index contributed by atoms with van der Waals surface area (Å²) in [6, 6.07) is 21.1. The molecule has 3 amide bonds. The van der Waals surface area contributed by atoms with Gasteiger partial charge in [-0.1, -0.05) is 73.8 Å². The second-order valence-electron chi connectivity index (χ2n) is 23.8. The first-order valence-corrected chi connectivity index (χ1v) is 37.8. The number of allylic oxidation sites excluding steroid dienone is 6. The van der Waals surface area contributed by atoms with Gasteiger partial charge in [-0.05, 0) is 134 Å². The highest BCUT2D eigenvalue weighted by Crippen LogP contribution is 2.52. The lowest BCUT2D eigenvalue weighted by molar-refractivity contribution is -0.438. The number of amides is 3. The number of nitrogens with one attached hydrogen (secondary N) is 3. The smallest absolute Gasteiger partial charge is 0.295 e. The first-order valence-electron chi connectivity index (χ1n) is 30.6. The van der Waals surface area contributed by atoms with E-state index in [2.05, 4.69) is 10.6 Å². The van der Waals surface area contributed by atoms with Crippen LogP contribution in [0.25, 0.3) is 32.7 Å². The number of unbranched alkanes of at least 4 members (excludes halogenated alkanes) is 2. The SMILES string of the molecule is CCC(=O)NCC[C@H](C(=O)NO)N(OCCOCCNC(=O)CCCCC[N+]1=C(/C=C/C=C/C=C2/N(CC)c3ccc4c(S(=O)(=O)O)cc(S(=O)(=O)O)cc4c3C2(C)C)C(C)(C)c2c1ccc1c(S(=O)(=O)O)cc(S(=O)(=O)O)cc21)S(=O)(=O)c1ccc(-c2ccc(OC)cc2)cc1. The van der Waals surface area contributed by atoms with Crippen molar-refractivity contribution < 1.29 is 98.8 Å². The number of anilines is 1. The van der Waals surface area contributed by atoms with E-state index in [1.54, 1.807) is 73.7 Å². The maximum atomic E-state index is 14.2. The molecule has 2 aliphatic rings. The van der Waals surface area contributed by atoms with Gasteiger partial charge in [-0.25, -0.2) is 13.9 Å². The Balaban J connectivity index is 0.951. The third kappa shape index (κ3) is 16.7. The van der Waals surface area contributed by atoms with Gasteiger partial charge >= 0.3 is 0 Å². The fourth-order valence-electron chi connectivity index (χ4n) is 12.2. The highest BCUT2D eigenvalue weighted by molar-refractivity contribution is 7.89. The number of benzene rings is 6. The molecular weight excluding hydrogens is 1360 g/mol. The molecule has 0 bridgehead atoms. The minimum absolute atomic E-state index is 0.00783. The summed E-state index contributed by atoms with van der Waals surface area (Å²) in [5, 5.41) is 15.4. The average molecular weight is 1440 g/mol. The first kappa shape index (κ1) is 75.0. The molecular formula is C65H77N6O21S5+. The molecule has 0 fully saturated rings. The Hall–Kier alpha value is -7.83. The third-order valence-corrected chi connectivity index (χ3v) is 22.0. The summed E-state index contributed by atoms with van der Waals surface area (Å²) in [6.45, 7) is 10.9. The number of nitrogens with zero attached hydrogens (tertiary/aromatic N) is 3. The summed E-state index contributed by atoms with van der Waals surface area (Å²) >= 11 is 0. The summed E-state index contributed by atoms with van der Waals surface area (Å²) in [4.78, 5) is 42.7. The molecule has 0 saturated heterocycles. The zero-order valence-electron chi connectivity index (χ0n) is 54.0. The van der Waals surface area contributed by atoms with E-state index < -0.39 is 99.5 Å². The lowest BCUT2D eigenvalue weighted by atomic mass is 9.79. The van der Waals surface area contributed by atoms with Crippen LogP contribution in [0.5, 0.6) is 5.75 Å². The molecule has 0 aromatic heterocycles. The second-order valence-corrected chi connectivity index (χ2v) is 31.2.